The molecule has 1 N–H and O–H groups in total. The van der Waals surface area contributed by atoms with Crippen LogP contribution in [0.1, 0.15) is 12.8 Å². The quantitative estimate of drug-likeness (QED) is 0.868. The van der Waals surface area contributed by atoms with Crippen LogP contribution in [0.15, 0.2) is 27.8 Å². The zero-order chi connectivity index (χ0) is 11.4. The zero-order valence-corrected chi connectivity index (χ0v) is 11.4. The molecule has 0 saturated carbocycles. The van der Waals surface area contributed by atoms with Gasteiger partial charge in [0, 0.05) is 5.75 Å². The first-order chi connectivity index (χ1) is 7.75. The van der Waals surface area contributed by atoms with Crippen LogP contribution in [0.2, 0.25) is 0 Å². The van der Waals surface area contributed by atoms with E-state index in [1.807, 2.05) is 18.2 Å². The highest BCUT2D eigenvalue weighted by Gasteiger charge is 2.17. The maximum absolute atomic E-state index is 12.1. The van der Waals surface area contributed by atoms with Gasteiger partial charge in [-0.25, -0.2) is 4.98 Å². The lowest BCUT2D eigenvalue weighted by molar-refractivity contribution is 0.408. The first kappa shape index (κ1) is 12.2. The largest absolute Gasteiger partial charge is 0.316 e. The summed E-state index contributed by atoms with van der Waals surface area (Å²) in [5.41, 5.74) is 0. The Hall–Kier alpha value is -0.260. The highest BCUT2D eigenvalue weighted by Crippen LogP contribution is 2.16. The molecule has 3 nitrogen and oxygen atoms in total. The van der Waals surface area contributed by atoms with Crippen LogP contribution in [0.4, 0.5) is 0 Å². The molecule has 0 aromatic carbocycles. The van der Waals surface area contributed by atoms with E-state index >= 15 is 0 Å². The summed E-state index contributed by atoms with van der Waals surface area (Å²) in [4.78, 5) is 4.23. The van der Waals surface area contributed by atoms with Crippen molar-refractivity contribution in [2.75, 3.05) is 18.8 Å². The molecule has 1 aromatic heterocycles. The maximum atomic E-state index is 12.1. The highest BCUT2D eigenvalue weighted by molar-refractivity contribution is 9.10. The van der Waals surface area contributed by atoms with Crippen LogP contribution in [0.5, 0.6) is 0 Å². The van der Waals surface area contributed by atoms with Gasteiger partial charge in [-0.2, -0.15) is 0 Å². The summed E-state index contributed by atoms with van der Waals surface area (Å²) >= 11 is 3.30. The summed E-state index contributed by atoms with van der Waals surface area (Å²) in [6.07, 6.45) is 2.36. The summed E-state index contributed by atoms with van der Waals surface area (Å²) in [6.45, 7) is 2.08. The van der Waals surface area contributed by atoms with Crippen molar-refractivity contribution in [1.82, 2.24) is 10.3 Å². The molecule has 0 bridgehead atoms. The first-order valence-electron chi connectivity index (χ1n) is 5.47. The van der Waals surface area contributed by atoms with Gasteiger partial charge in [-0.15, -0.1) is 0 Å². The molecule has 0 spiro atoms. The van der Waals surface area contributed by atoms with E-state index in [4.69, 9.17) is 0 Å². The van der Waals surface area contributed by atoms with Crippen LogP contribution >= 0.6 is 15.9 Å². The Balaban J connectivity index is 1.97. The molecule has 16 heavy (non-hydrogen) atoms. The normalized spacial score (nSPS) is 22.9. The predicted octanol–water partition coefficient (Wildman–Crippen LogP) is 1.95. The standard InChI is InChI=1S/C11H15BrN2OS/c12-10-4-1-5-11(14-10)16(15)8-9-3-2-6-13-7-9/h1,4-5,9,13H,2-3,6-8H2. The number of hydrogen-bond donors (Lipinski definition) is 1. The number of nitrogens with one attached hydrogen (secondary N) is 1. The van der Waals surface area contributed by atoms with Crippen molar-refractivity contribution < 1.29 is 4.21 Å². The fraction of sp³-hybridized carbons (Fsp3) is 0.545. The minimum absolute atomic E-state index is 0.523. The molecular formula is C11H15BrN2OS. The van der Waals surface area contributed by atoms with Crippen LogP contribution < -0.4 is 5.32 Å². The van der Waals surface area contributed by atoms with E-state index in [2.05, 4.69) is 26.2 Å². The van der Waals surface area contributed by atoms with Crippen molar-refractivity contribution in [2.45, 2.75) is 17.9 Å². The van der Waals surface area contributed by atoms with Gasteiger partial charge < -0.3 is 5.32 Å². The van der Waals surface area contributed by atoms with E-state index in [1.165, 1.54) is 12.8 Å². The third-order valence-corrected chi connectivity index (χ3v) is 4.62. The molecule has 2 rings (SSSR count). The van der Waals surface area contributed by atoms with Crippen molar-refractivity contribution in [1.29, 1.82) is 0 Å². The molecule has 0 radical (unpaired) electrons. The molecule has 1 fully saturated rings. The Kier molecular flexibility index (Phi) is 4.49. The number of piperidine rings is 1. The van der Waals surface area contributed by atoms with Gasteiger partial charge in [0.2, 0.25) is 0 Å². The fourth-order valence-corrected chi connectivity index (χ4v) is 3.66. The van der Waals surface area contributed by atoms with Gasteiger partial charge in [-0.05, 0) is 59.9 Å². The van der Waals surface area contributed by atoms with Gasteiger partial charge in [0.1, 0.15) is 9.63 Å². The molecule has 1 aliphatic rings. The lowest BCUT2D eigenvalue weighted by Crippen LogP contribution is -2.32. The monoisotopic (exact) mass is 302 g/mol. The van der Waals surface area contributed by atoms with Crippen LogP contribution in [-0.2, 0) is 10.8 Å². The summed E-state index contributed by atoms with van der Waals surface area (Å²) < 4.78 is 12.8. The third kappa shape index (κ3) is 3.37. The predicted molar refractivity (Wildman–Crippen MR) is 68.8 cm³/mol. The lowest BCUT2D eigenvalue weighted by atomic mass is 10.0. The topological polar surface area (TPSA) is 42.0 Å². The molecule has 88 valence electrons. The maximum Gasteiger partial charge on any atom is 0.128 e. The van der Waals surface area contributed by atoms with Crippen molar-refractivity contribution in [2.24, 2.45) is 5.92 Å². The average Bonchev–Trinajstić information content (AvgIpc) is 2.30. The molecule has 1 aliphatic heterocycles. The Morgan fingerprint density at radius 2 is 2.44 bits per heavy atom. The summed E-state index contributed by atoms with van der Waals surface area (Å²) in [7, 11) is -0.972. The molecule has 0 aliphatic carbocycles. The Labute approximate surface area is 107 Å². The molecule has 2 unspecified atom stereocenters. The number of nitrogens with zero attached hydrogens (tertiary/aromatic N) is 1. The highest BCUT2D eigenvalue weighted by atomic mass is 79.9. The van der Waals surface area contributed by atoms with E-state index < -0.39 is 10.8 Å². The molecule has 2 heterocycles. The minimum atomic E-state index is -0.972. The Morgan fingerprint density at radius 1 is 1.56 bits per heavy atom. The minimum Gasteiger partial charge on any atom is -0.316 e. The first-order valence-corrected chi connectivity index (χ1v) is 7.58. The van der Waals surface area contributed by atoms with E-state index in [0.29, 0.717) is 10.9 Å². The van der Waals surface area contributed by atoms with E-state index in [0.717, 1.165) is 23.4 Å². The fourth-order valence-electron chi connectivity index (χ4n) is 1.88. The van der Waals surface area contributed by atoms with Crippen LogP contribution in [0.25, 0.3) is 0 Å². The second-order valence-corrected chi connectivity index (χ2v) is 6.28. The van der Waals surface area contributed by atoms with Gasteiger partial charge in [0.05, 0.1) is 10.8 Å². The number of halogens is 1. The van der Waals surface area contributed by atoms with Crippen LogP contribution in [0.3, 0.4) is 0 Å². The van der Waals surface area contributed by atoms with Gasteiger partial charge in [0.15, 0.2) is 0 Å². The molecular weight excluding hydrogens is 288 g/mol. The molecule has 1 aromatic rings. The van der Waals surface area contributed by atoms with Gasteiger partial charge >= 0.3 is 0 Å². The summed E-state index contributed by atoms with van der Waals surface area (Å²) in [5.74, 6) is 1.24. The number of hydrogen-bond acceptors (Lipinski definition) is 3. The average molecular weight is 303 g/mol. The molecule has 0 amide bonds. The van der Waals surface area contributed by atoms with E-state index in [9.17, 15) is 4.21 Å². The van der Waals surface area contributed by atoms with Gasteiger partial charge in [-0.1, -0.05) is 6.07 Å². The summed E-state index contributed by atoms with van der Waals surface area (Å²) in [6, 6.07) is 5.56. The van der Waals surface area contributed by atoms with E-state index in [1.54, 1.807) is 0 Å². The molecule has 1 saturated heterocycles. The van der Waals surface area contributed by atoms with Gasteiger partial charge in [-0.3, -0.25) is 4.21 Å². The van der Waals surface area contributed by atoms with Crippen LogP contribution in [0, 0.1) is 5.92 Å². The second-order valence-electron chi connectivity index (χ2n) is 4.02. The number of aromatic nitrogens is 1. The van der Waals surface area contributed by atoms with E-state index in [-0.39, 0.29) is 0 Å². The lowest BCUT2D eigenvalue weighted by Gasteiger charge is -2.21. The summed E-state index contributed by atoms with van der Waals surface area (Å²) in [5, 5.41) is 4.02. The SMILES string of the molecule is O=S(CC1CCCNC1)c1cccc(Br)n1. The number of rotatable bonds is 3. The molecule has 5 heteroatoms. The molecule has 2 atom stereocenters. The van der Waals surface area contributed by atoms with Crippen molar-refractivity contribution in [3.8, 4) is 0 Å². The second kappa shape index (κ2) is 5.89. The number of pyridine rings is 1. The van der Waals surface area contributed by atoms with Crippen molar-refractivity contribution in [3.05, 3.63) is 22.8 Å². The van der Waals surface area contributed by atoms with Crippen molar-refractivity contribution in [3.63, 3.8) is 0 Å². The Bertz CT molecular complexity index is 380. The van der Waals surface area contributed by atoms with Gasteiger partial charge in [0.25, 0.3) is 0 Å². The third-order valence-electron chi connectivity index (χ3n) is 2.71. The van der Waals surface area contributed by atoms with Crippen molar-refractivity contribution >= 4 is 26.7 Å². The Morgan fingerprint density at radius 3 is 3.12 bits per heavy atom. The smallest absolute Gasteiger partial charge is 0.128 e. The zero-order valence-electron chi connectivity index (χ0n) is 8.99. The van der Waals surface area contributed by atoms with Crippen LogP contribution in [-0.4, -0.2) is 28.0 Å².